The molecular formula is C8H10O4. The van der Waals surface area contributed by atoms with Gasteiger partial charge in [0.1, 0.15) is 5.76 Å². The summed E-state index contributed by atoms with van der Waals surface area (Å²) in [5, 5.41) is 8.26. The van der Waals surface area contributed by atoms with Crippen LogP contribution in [0.4, 0.5) is 4.79 Å². The maximum absolute atomic E-state index is 10.1. The number of hydrogen-bond donors (Lipinski definition) is 1. The summed E-state index contributed by atoms with van der Waals surface area (Å²) in [5.41, 5.74) is 0.964. The smallest absolute Gasteiger partial charge is 0.449 e. The topological polar surface area (TPSA) is 59.7 Å². The maximum Gasteiger partial charge on any atom is 0.513 e. The van der Waals surface area contributed by atoms with Gasteiger partial charge in [-0.25, -0.2) is 4.79 Å². The van der Waals surface area contributed by atoms with E-state index in [0.29, 0.717) is 5.76 Å². The molecule has 0 amide bonds. The summed E-state index contributed by atoms with van der Waals surface area (Å²) >= 11 is 0. The highest BCUT2D eigenvalue weighted by Crippen LogP contribution is 2.21. The Hall–Kier alpha value is -1.45. The zero-order valence-corrected chi connectivity index (χ0v) is 6.96. The molecule has 4 nitrogen and oxygen atoms in total. The summed E-state index contributed by atoms with van der Waals surface area (Å²) < 4.78 is 9.34. The molecule has 12 heavy (non-hydrogen) atoms. The first-order valence-corrected chi connectivity index (χ1v) is 3.63. The van der Waals surface area contributed by atoms with E-state index in [4.69, 9.17) is 9.52 Å². The summed E-state index contributed by atoms with van der Waals surface area (Å²) in [6, 6.07) is 1.59. The Balaban J connectivity index is 2.82. The Kier molecular flexibility index (Phi) is 2.38. The monoisotopic (exact) mass is 170 g/mol. The van der Waals surface area contributed by atoms with Gasteiger partial charge in [0.2, 0.25) is 0 Å². The lowest BCUT2D eigenvalue weighted by molar-refractivity contribution is 0.132. The standard InChI is InChI=1S/C8H10O4/c1-3-6-4-7(11-5(6)2)12-8(9)10/h4H,3H2,1-2H3,(H,9,10). The number of carbonyl (C=O) groups is 1. The van der Waals surface area contributed by atoms with Crippen LogP contribution in [0.1, 0.15) is 18.2 Å². The van der Waals surface area contributed by atoms with Crippen LogP contribution in [-0.2, 0) is 6.42 Å². The Bertz CT molecular complexity index is 287. The normalized spacial score (nSPS) is 9.83. The largest absolute Gasteiger partial charge is 0.513 e. The minimum absolute atomic E-state index is 0.0388. The van der Waals surface area contributed by atoms with Crippen LogP contribution in [0.15, 0.2) is 10.5 Å². The Morgan fingerprint density at radius 2 is 2.42 bits per heavy atom. The Morgan fingerprint density at radius 3 is 2.83 bits per heavy atom. The third kappa shape index (κ3) is 1.78. The van der Waals surface area contributed by atoms with Gasteiger partial charge >= 0.3 is 6.16 Å². The fourth-order valence-electron chi connectivity index (χ4n) is 0.977. The van der Waals surface area contributed by atoms with E-state index in [0.717, 1.165) is 12.0 Å². The molecule has 0 saturated carbocycles. The lowest BCUT2D eigenvalue weighted by Gasteiger charge is -1.90. The molecule has 1 rings (SSSR count). The molecular weight excluding hydrogens is 160 g/mol. The van der Waals surface area contributed by atoms with Crippen LogP contribution >= 0.6 is 0 Å². The molecule has 0 spiro atoms. The molecule has 1 aromatic heterocycles. The van der Waals surface area contributed by atoms with Gasteiger partial charge in [-0.3, -0.25) is 0 Å². The van der Waals surface area contributed by atoms with Gasteiger partial charge in [0.05, 0.1) is 0 Å². The van der Waals surface area contributed by atoms with Crippen LogP contribution in [-0.4, -0.2) is 11.3 Å². The van der Waals surface area contributed by atoms with Gasteiger partial charge in [0.25, 0.3) is 5.95 Å². The molecule has 0 bridgehead atoms. The summed E-state index contributed by atoms with van der Waals surface area (Å²) in [6.45, 7) is 3.73. The summed E-state index contributed by atoms with van der Waals surface area (Å²) in [7, 11) is 0. The summed E-state index contributed by atoms with van der Waals surface area (Å²) in [4.78, 5) is 10.1. The summed E-state index contributed by atoms with van der Waals surface area (Å²) in [6.07, 6.45) is -0.551. The van der Waals surface area contributed by atoms with Gasteiger partial charge in [-0.05, 0) is 18.9 Å². The molecule has 0 fully saturated rings. The number of carboxylic acid groups (broad SMARTS) is 1. The number of aryl methyl sites for hydroxylation is 2. The van der Waals surface area contributed by atoms with Crippen LogP contribution in [0.25, 0.3) is 0 Å². The highest BCUT2D eigenvalue weighted by atomic mass is 16.7. The first-order chi connectivity index (χ1) is 5.63. The predicted molar refractivity (Wildman–Crippen MR) is 41.5 cm³/mol. The maximum atomic E-state index is 10.1. The average Bonchev–Trinajstić information content (AvgIpc) is 2.29. The Morgan fingerprint density at radius 1 is 1.75 bits per heavy atom. The van der Waals surface area contributed by atoms with Crippen molar-refractivity contribution in [2.24, 2.45) is 0 Å². The molecule has 1 N–H and O–H groups in total. The van der Waals surface area contributed by atoms with Crippen molar-refractivity contribution in [3.05, 3.63) is 17.4 Å². The van der Waals surface area contributed by atoms with Crippen molar-refractivity contribution in [2.45, 2.75) is 20.3 Å². The molecule has 0 unspecified atom stereocenters. The first-order valence-electron chi connectivity index (χ1n) is 3.63. The van der Waals surface area contributed by atoms with E-state index in [1.807, 2.05) is 6.92 Å². The zero-order valence-electron chi connectivity index (χ0n) is 6.96. The molecule has 1 heterocycles. The number of hydrogen-bond acceptors (Lipinski definition) is 3. The highest BCUT2D eigenvalue weighted by molar-refractivity contribution is 5.60. The fourth-order valence-corrected chi connectivity index (χ4v) is 0.977. The fraction of sp³-hybridized carbons (Fsp3) is 0.375. The van der Waals surface area contributed by atoms with Gasteiger partial charge in [-0.15, -0.1) is 0 Å². The van der Waals surface area contributed by atoms with Crippen LogP contribution < -0.4 is 4.74 Å². The van der Waals surface area contributed by atoms with Crippen molar-refractivity contribution >= 4 is 6.16 Å². The third-order valence-corrected chi connectivity index (χ3v) is 1.57. The van der Waals surface area contributed by atoms with Crippen LogP contribution in [0.2, 0.25) is 0 Å². The molecule has 0 aromatic carbocycles. The van der Waals surface area contributed by atoms with Crippen molar-refractivity contribution in [1.29, 1.82) is 0 Å². The van der Waals surface area contributed by atoms with Crippen molar-refractivity contribution in [1.82, 2.24) is 0 Å². The van der Waals surface area contributed by atoms with Crippen LogP contribution in [0.5, 0.6) is 5.95 Å². The van der Waals surface area contributed by atoms with Gasteiger partial charge in [0.15, 0.2) is 0 Å². The molecule has 66 valence electrons. The molecule has 0 atom stereocenters. The van der Waals surface area contributed by atoms with Crippen molar-refractivity contribution < 1.29 is 19.1 Å². The van der Waals surface area contributed by atoms with Crippen molar-refractivity contribution in [3.8, 4) is 5.95 Å². The van der Waals surface area contributed by atoms with E-state index in [2.05, 4.69) is 4.74 Å². The van der Waals surface area contributed by atoms with E-state index in [9.17, 15) is 4.79 Å². The number of furan rings is 1. The molecule has 0 aliphatic heterocycles. The van der Waals surface area contributed by atoms with Crippen molar-refractivity contribution in [2.75, 3.05) is 0 Å². The molecule has 0 aliphatic carbocycles. The second kappa shape index (κ2) is 3.30. The number of rotatable bonds is 2. The second-order valence-electron chi connectivity index (χ2n) is 2.37. The SMILES string of the molecule is CCc1cc(OC(=O)O)oc1C. The van der Waals surface area contributed by atoms with E-state index in [-0.39, 0.29) is 5.95 Å². The van der Waals surface area contributed by atoms with E-state index in [1.54, 1.807) is 13.0 Å². The molecule has 0 aliphatic rings. The van der Waals surface area contributed by atoms with Gasteiger partial charge in [0, 0.05) is 6.07 Å². The van der Waals surface area contributed by atoms with Crippen LogP contribution in [0.3, 0.4) is 0 Å². The third-order valence-electron chi connectivity index (χ3n) is 1.57. The first kappa shape index (κ1) is 8.64. The molecule has 1 aromatic rings. The quantitative estimate of drug-likeness (QED) is 0.691. The van der Waals surface area contributed by atoms with Gasteiger partial charge in [-0.2, -0.15) is 0 Å². The number of ether oxygens (including phenoxy) is 1. The highest BCUT2D eigenvalue weighted by Gasteiger charge is 2.09. The van der Waals surface area contributed by atoms with Gasteiger partial charge in [-0.1, -0.05) is 6.92 Å². The van der Waals surface area contributed by atoms with E-state index < -0.39 is 6.16 Å². The van der Waals surface area contributed by atoms with Crippen LogP contribution in [0, 0.1) is 6.92 Å². The van der Waals surface area contributed by atoms with E-state index >= 15 is 0 Å². The average molecular weight is 170 g/mol. The second-order valence-corrected chi connectivity index (χ2v) is 2.37. The molecule has 0 radical (unpaired) electrons. The molecule has 4 heteroatoms. The minimum atomic E-state index is -1.36. The van der Waals surface area contributed by atoms with Crippen molar-refractivity contribution in [3.63, 3.8) is 0 Å². The lowest BCUT2D eigenvalue weighted by atomic mass is 10.2. The van der Waals surface area contributed by atoms with Gasteiger partial charge < -0.3 is 14.3 Å². The molecule has 0 saturated heterocycles. The zero-order chi connectivity index (χ0) is 9.14. The Labute approximate surface area is 69.8 Å². The lowest BCUT2D eigenvalue weighted by Crippen LogP contribution is -2.01. The van der Waals surface area contributed by atoms with E-state index in [1.165, 1.54) is 0 Å². The predicted octanol–water partition coefficient (Wildman–Crippen LogP) is 2.21. The minimum Gasteiger partial charge on any atom is -0.449 e. The summed E-state index contributed by atoms with van der Waals surface area (Å²) in [5.74, 6) is 0.741.